The van der Waals surface area contributed by atoms with Crippen molar-refractivity contribution in [2.75, 3.05) is 0 Å². The van der Waals surface area contributed by atoms with Crippen molar-refractivity contribution in [3.63, 3.8) is 0 Å². The third kappa shape index (κ3) is 13.5. The topological polar surface area (TPSA) is 0 Å². The van der Waals surface area contributed by atoms with Crippen molar-refractivity contribution in [2.24, 2.45) is 0 Å². The van der Waals surface area contributed by atoms with Crippen LogP contribution >= 0.6 is 11.6 Å². The second-order valence-corrected chi connectivity index (χ2v) is 4.46. The number of benzene rings is 2. The van der Waals surface area contributed by atoms with E-state index in [0.717, 1.165) is 17.2 Å². The summed E-state index contributed by atoms with van der Waals surface area (Å²) < 4.78 is 37.1. The van der Waals surface area contributed by atoms with Gasteiger partial charge in [-0.3, -0.25) is 0 Å². The van der Waals surface area contributed by atoms with E-state index >= 15 is 0 Å². The second-order valence-electron chi connectivity index (χ2n) is 4.02. The summed E-state index contributed by atoms with van der Waals surface area (Å²) in [7, 11) is 0. The van der Waals surface area contributed by atoms with Gasteiger partial charge in [0, 0.05) is 5.02 Å². The first-order valence-corrected chi connectivity index (χ1v) is 9.17. The van der Waals surface area contributed by atoms with Crippen molar-refractivity contribution in [3.05, 3.63) is 70.0 Å². The third-order valence-electron chi connectivity index (χ3n) is 2.46. The van der Waals surface area contributed by atoms with Crippen LogP contribution in [0.3, 0.4) is 0 Å². The molecular weight excluding hydrogens is 345 g/mol. The molecule has 0 aliphatic heterocycles. The Morgan fingerprint density at radius 1 is 0.760 bits per heavy atom. The first-order chi connectivity index (χ1) is 11.9. The molecule has 0 aromatic heterocycles. The number of hydrogen-bond donors (Lipinski definition) is 0. The molecule has 0 saturated carbocycles. The fourth-order valence-electron chi connectivity index (χ4n) is 1.35. The Kier molecular flexibility index (Phi) is 21.4. The lowest BCUT2D eigenvalue weighted by Crippen LogP contribution is -1.92. The maximum atomic E-state index is 12.4. The lowest BCUT2D eigenvalue weighted by molar-refractivity contribution is 0.445. The molecule has 0 unspecified atom stereocenters. The Balaban J connectivity index is -0.000000305. The summed E-state index contributed by atoms with van der Waals surface area (Å²) in [4.78, 5) is 0. The first kappa shape index (κ1) is 28.3. The number of aryl methyl sites for hydroxylation is 2. The molecule has 0 radical (unpaired) electrons. The summed E-state index contributed by atoms with van der Waals surface area (Å²) in [6, 6.07) is 9.75. The normalized spacial score (nSPS) is 8.16. The number of rotatable bonds is 1. The van der Waals surface area contributed by atoms with E-state index in [1.54, 1.807) is 6.92 Å². The van der Waals surface area contributed by atoms with Gasteiger partial charge < -0.3 is 0 Å². The molecule has 0 saturated heterocycles. The van der Waals surface area contributed by atoms with Crippen molar-refractivity contribution in [1.82, 2.24) is 0 Å². The molecule has 4 heteroatoms. The second kappa shape index (κ2) is 18.9. The number of halogens is 4. The monoisotopic (exact) mass is 376 g/mol. The summed E-state index contributed by atoms with van der Waals surface area (Å²) in [5, 5.41) is 0.801. The average molecular weight is 377 g/mol. The van der Waals surface area contributed by atoms with Gasteiger partial charge in [0.05, 0.1) is 0 Å². The van der Waals surface area contributed by atoms with Crippen molar-refractivity contribution < 1.29 is 13.2 Å². The maximum Gasteiger partial charge on any atom is 0.194 e. The van der Waals surface area contributed by atoms with E-state index in [1.807, 2.05) is 72.7 Å². The zero-order chi connectivity index (χ0) is 20.4. The Bertz CT molecular complexity index is 493. The predicted molar refractivity (Wildman–Crippen MR) is 106 cm³/mol. The van der Waals surface area contributed by atoms with Crippen LogP contribution in [0.2, 0.25) is 5.02 Å². The molecular formula is C21H32ClF3. The first-order valence-electron chi connectivity index (χ1n) is 8.79. The molecule has 0 N–H and O–H groups in total. The van der Waals surface area contributed by atoms with E-state index in [-0.39, 0.29) is 0 Å². The van der Waals surface area contributed by atoms with Gasteiger partial charge in [0.1, 0.15) is 0 Å². The Morgan fingerprint density at radius 3 is 1.40 bits per heavy atom. The van der Waals surface area contributed by atoms with Crippen LogP contribution in [0.25, 0.3) is 0 Å². The van der Waals surface area contributed by atoms with E-state index in [0.29, 0.717) is 12.0 Å². The van der Waals surface area contributed by atoms with Gasteiger partial charge in [-0.2, -0.15) is 0 Å². The van der Waals surface area contributed by atoms with Crippen LogP contribution in [0.5, 0.6) is 0 Å². The van der Waals surface area contributed by atoms with Crippen LogP contribution in [-0.2, 0) is 6.42 Å². The fourth-order valence-corrected chi connectivity index (χ4v) is 1.47. The van der Waals surface area contributed by atoms with Gasteiger partial charge in [-0.1, -0.05) is 77.8 Å². The molecule has 0 aliphatic carbocycles. The summed E-state index contributed by atoms with van der Waals surface area (Å²) in [5.41, 5.74) is 1.70. The van der Waals surface area contributed by atoms with Crippen molar-refractivity contribution >= 4 is 11.6 Å². The minimum Gasteiger partial charge on any atom is -0.204 e. The fraction of sp³-hybridized carbons (Fsp3) is 0.429. The molecule has 0 spiro atoms. The van der Waals surface area contributed by atoms with E-state index in [1.165, 1.54) is 5.56 Å². The lowest BCUT2D eigenvalue weighted by Gasteiger charge is -1.98. The SMILES string of the molecule is CC.CC.CC.CCc1cc(F)c(F)c(F)c1.Cc1ccc(Cl)cc1. The average Bonchev–Trinajstić information content (AvgIpc) is 2.67. The minimum absolute atomic E-state index is 0.460. The zero-order valence-corrected chi connectivity index (χ0v) is 17.4. The van der Waals surface area contributed by atoms with Crippen LogP contribution in [0.4, 0.5) is 13.2 Å². The van der Waals surface area contributed by atoms with E-state index in [2.05, 4.69) is 0 Å². The Labute approximate surface area is 157 Å². The van der Waals surface area contributed by atoms with E-state index in [9.17, 15) is 13.2 Å². The van der Waals surface area contributed by atoms with Crippen LogP contribution in [0.15, 0.2) is 36.4 Å². The number of hydrogen-bond acceptors (Lipinski definition) is 0. The highest BCUT2D eigenvalue weighted by atomic mass is 35.5. The maximum absolute atomic E-state index is 12.4. The molecule has 25 heavy (non-hydrogen) atoms. The highest BCUT2D eigenvalue weighted by molar-refractivity contribution is 6.30. The highest BCUT2D eigenvalue weighted by Gasteiger charge is 2.08. The molecule has 2 aromatic carbocycles. The molecule has 0 bridgehead atoms. The highest BCUT2D eigenvalue weighted by Crippen LogP contribution is 2.13. The van der Waals surface area contributed by atoms with Gasteiger partial charge in [0.25, 0.3) is 0 Å². The minimum atomic E-state index is -1.40. The van der Waals surface area contributed by atoms with Gasteiger partial charge in [-0.25, -0.2) is 13.2 Å². The van der Waals surface area contributed by atoms with Gasteiger partial charge in [-0.15, -0.1) is 0 Å². The quantitative estimate of drug-likeness (QED) is 0.438. The third-order valence-corrected chi connectivity index (χ3v) is 2.71. The summed E-state index contributed by atoms with van der Waals surface area (Å²) >= 11 is 5.61. The standard InChI is InChI=1S/C8H7F3.C7H7Cl.3C2H6/c1-2-5-3-6(9)8(11)7(10)4-5;1-6-2-4-7(8)5-3-6;3*1-2/h3-4H,2H2,1H3;2-5H,1H3;3*1-2H3. The lowest BCUT2D eigenvalue weighted by atomic mass is 10.1. The van der Waals surface area contributed by atoms with Crippen molar-refractivity contribution in [3.8, 4) is 0 Å². The molecule has 2 rings (SSSR count). The summed E-state index contributed by atoms with van der Waals surface area (Å²) in [6.07, 6.45) is 0.494. The van der Waals surface area contributed by atoms with Gasteiger partial charge >= 0.3 is 0 Å². The Hall–Kier alpha value is -1.48. The van der Waals surface area contributed by atoms with Crippen LogP contribution in [0, 0.1) is 24.4 Å². The predicted octanol–water partition coefficient (Wildman–Crippen LogP) is 8.39. The van der Waals surface area contributed by atoms with Crippen LogP contribution in [0.1, 0.15) is 59.6 Å². The molecule has 0 atom stereocenters. The smallest absolute Gasteiger partial charge is 0.194 e. The van der Waals surface area contributed by atoms with Crippen LogP contribution < -0.4 is 0 Å². The largest absolute Gasteiger partial charge is 0.204 e. The Morgan fingerprint density at radius 2 is 1.12 bits per heavy atom. The van der Waals surface area contributed by atoms with Crippen LogP contribution in [-0.4, -0.2) is 0 Å². The van der Waals surface area contributed by atoms with Gasteiger partial charge in [0.15, 0.2) is 17.5 Å². The van der Waals surface area contributed by atoms with E-state index < -0.39 is 17.5 Å². The van der Waals surface area contributed by atoms with Gasteiger partial charge in [0.2, 0.25) is 0 Å². The summed E-state index contributed by atoms with van der Waals surface area (Å²) in [5.74, 6) is -3.65. The zero-order valence-electron chi connectivity index (χ0n) is 16.7. The molecule has 2 aromatic rings. The molecule has 0 nitrogen and oxygen atoms in total. The molecule has 0 fully saturated rings. The molecule has 0 amide bonds. The van der Waals surface area contributed by atoms with Gasteiger partial charge in [-0.05, 0) is 43.2 Å². The molecule has 0 heterocycles. The van der Waals surface area contributed by atoms with E-state index in [4.69, 9.17) is 11.6 Å². The summed E-state index contributed by atoms with van der Waals surface area (Å²) in [6.45, 7) is 15.8. The molecule has 0 aliphatic rings. The van der Waals surface area contributed by atoms with Crippen molar-refractivity contribution in [2.45, 2.75) is 61.8 Å². The molecule has 144 valence electrons. The van der Waals surface area contributed by atoms with Crippen molar-refractivity contribution in [1.29, 1.82) is 0 Å².